The first-order valence-corrected chi connectivity index (χ1v) is 7.89. The third-order valence-electron chi connectivity index (χ3n) is 2.73. The van der Waals surface area contributed by atoms with Gasteiger partial charge in [-0.05, 0) is 27.3 Å². The highest BCUT2D eigenvalue weighted by molar-refractivity contribution is 7.92. The number of thiocarbonyl (C=S) groups is 1. The molecular formula is C11H24N2O2S2. The molecule has 0 atom stereocenters. The van der Waals surface area contributed by atoms with Gasteiger partial charge >= 0.3 is 0 Å². The molecule has 0 rings (SSSR count). The Morgan fingerprint density at radius 3 is 2.18 bits per heavy atom. The van der Waals surface area contributed by atoms with E-state index in [9.17, 15) is 8.42 Å². The Hall–Kier alpha value is -0.200. The maximum atomic E-state index is 11.9. The van der Waals surface area contributed by atoms with Crippen LogP contribution >= 0.6 is 12.2 Å². The molecule has 17 heavy (non-hydrogen) atoms. The van der Waals surface area contributed by atoms with Crippen LogP contribution in [0.4, 0.5) is 0 Å². The molecule has 0 aromatic carbocycles. The van der Waals surface area contributed by atoms with Gasteiger partial charge in [-0.25, -0.2) is 8.42 Å². The number of sulfone groups is 1. The number of hydrogen-bond acceptors (Lipinski definition) is 4. The Labute approximate surface area is 110 Å². The maximum absolute atomic E-state index is 11.9. The smallest absolute Gasteiger partial charge is 0.156 e. The zero-order valence-corrected chi connectivity index (χ0v) is 12.8. The largest absolute Gasteiger partial charge is 0.393 e. The lowest BCUT2D eigenvalue weighted by atomic mass is 10.3. The Bertz CT molecular complexity index is 345. The standard InChI is InChI=1S/C11H24N2O2S2/c1-5-13(7-6-10(12)16)8-9-17(14,15)11(2,3)4/h5-9H2,1-4H3,(H2,12,16). The van der Waals surface area contributed by atoms with Crippen LogP contribution in [-0.2, 0) is 9.84 Å². The first-order chi connectivity index (χ1) is 7.60. The van der Waals surface area contributed by atoms with Crippen LogP contribution in [0.15, 0.2) is 0 Å². The second kappa shape index (κ2) is 6.66. The summed E-state index contributed by atoms with van der Waals surface area (Å²) in [6.45, 7) is 9.27. The molecule has 0 heterocycles. The van der Waals surface area contributed by atoms with Crippen LogP contribution in [0.25, 0.3) is 0 Å². The molecule has 0 aliphatic carbocycles. The SMILES string of the molecule is CCN(CCC(N)=S)CCS(=O)(=O)C(C)(C)C. The number of hydrogen-bond donors (Lipinski definition) is 1. The van der Waals surface area contributed by atoms with Crippen molar-refractivity contribution in [2.24, 2.45) is 5.73 Å². The fraction of sp³-hybridized carbons (Fsp3) is 0.909. The first-order valence-electron chi connectivity index (χ1n) is 5.83. The third kappa shape index (κ3) is 6.33. The highest BCUT2D eigenvalue weighted by Gasteiger charge is 2.28. The third-order valence-corrected chi connectivity index (χ3v) is 5.52. The molecule has 0 bridgehead atoms. The van der Waals surface area contributed by atoms with Gasteiger partial charge in [-0.3, -0.25) is 0 Å². The summed E-state index contributed by atoms with van der Waals surface area (Å²) >= 11 is 4.81. The van der Waals surface area contributed by atoms with Crippen molar-refractivity contribution in [3.63, 3.8) is 0 Å². The molecule has 0 aromatic heterocycles. The zero-order valence-electron chi connectivity index (χ0n) is 11.2. The molecule has 0 fully saturated rings. The van der Waals surface area contributed by atoms with E-state index in [2.05, 4.69) is 4.90 Å². The highest BCUT2D eigenvalue weighted by Crippen LogP contribution is 2.15. The van der Waals surface area contributed by atoms with E-state index in [1.807, 2.05) is 6.92 Å². The van der Waals surface area contributed by atoms with Crippen molar-refractivity contribution in [3.05, 3.63) is 0 Å². The Kier molecular flexibility index (Phi) is 6.58. The van der Waals surface area contributed by atoms with Gasteiger partial charge in [-0.1, -0.05) is 19.1 Å². The topological polar surface area (TPSA) is 63.4 Å². The lowest BCUT2D eigenvalue weighted by molar-refractivity contribution is 0.313. The quantitative estimate of drug-likeness (QED) is 0.710. The van der Waals surface area contributed by atoms with Crippen molar-refractivity contribution in [1.82, 2.24) is 4.90 Å². The van der Waals surface area contributed by atoms with Crippen LogP contribution in [0.5, 0.6) is 0 Å². The molecule has 0 aliphatic heterocycles. The number of nitrogens with zero attached hydrogens (tertiary/aromatic N) is 1. The zero-order chi connectivity index (χ0) is 13.7. The molecule has 6 heteroatoms. The second-order valence-corrected chi connectivity index (χ2v) is 8.47. The van der Waals surface area contributed by atoms with Crippen molar-refractivity contribution >= 4 is 27.0 Å². The normalized spacial score (nSPS) is 13.0. The van der Waals surface area contributed by atoms with Crippen molar-refractivity contribution < 1.29 is 8.42 Å². The summed E-state index contributed by atoms with van der Waals surface area (Å²) in [5.74, 6) is 0.182. The summed E-state index contributed by atoms with van der Waals surface area (Å²) in [4.78, 5) is 2.53. The lowest BCUT2D eigenvalue weighted by Gasteiger charge is -2.24. The predicted octanol–water partition coefficient (Wildman–Crippen LogP) is 1.20. The summed E-state index contributed by atoms with van der Waals surface area (Å²) in [5, 5.41) is 0. The molecule has 0 unspecified atom stereocenters. The summed E-state index contributed by atoms with van der Waals surface area (Å²) in [6, 6.07) is 0. The molecule has 0 radical (unpaired) electrons. The molecule has 0 aromatic rings. The van der Waals surface area contributed by atoms with Crippen LogP contribution in [-0.4, -0.2) is 48.4 Å². The number of rotatable bonds is 7. The van der Waals surface area contributed by atoms with E-state index in [1.165, 1.54) is 0 Å². The van der Waals surface area contributed by atoms with Gasteiger partial charge < -0.3 is 10.6 Å². The maximum Gasteiger partial charge on any atom is 0.156 e. The fourth-order valence-corrected chi connectivity index (χ4v) is 2.45. The molecule has 0 spiro atoms. The van der Waals surface area contributed by atoms with Crippen molar-refractivity contribution in [3.8, 4) is 0 Å². The molecule has 0 aliphatic rings. The van der Waals surface area contributed by atoms with E-state index < -0.39 is 14.6 Å². The van der Waals surface area contributed by atoms with Crippen LogP contribution in [0.1, 0.15) is 34.1 Å². The highest BCUT2D eigenvalue weighted by atomic mass is 32.2. The minimum absolute atomic E-state index is 0.182. The monoisotopic (exact) mass is 280 g/mol. The average molecular weight is 280 g/mol. The van der Waals surface area contributed by atoms with E-state index in [4.69, 9.17) is 18.0 Å². The van der Waals surface area contributed by atoms with E-state index in [0.717, 1.165) is 13.1 Å². The summed E-state index contributed by atoms with van der Waals surface area (Å²) in [6.07, 6.45) is 0.638. The predicted molar refractivity (Wildman–Crippen MR) is 77.1 cm³/mol. The molecular weight excluding hydrogens is 256 g/mol. The van der Waals surface area contributed by atoms with Crippen LogP contribution in [0, 0.1) is 0 Å². The van der Waals surface area contributed by atoms with E-state index in [-0.39, 0.29) is 5.75 Å². The van der Waals surface area contributed by atoms with Crippen molar-refractivity contribution in [2.45, 2.75) is 38.9 Å². The van der Waals surface area contributed by atoms with Gasteiger partial charge in [0, 0.05) is 19.5 Å². The van der Waals surface area contributed by atoms with Gasteiger partial charge in [0.25, 0.3) is 0 Å². The van der Waals surface area contributed by atoms with E-state index in [1.54, 1.807) is 20.8 Å². The molecule has 2 N–H and O–H groups in total. The van der Waals surface area contributed by atoms with E-state index in [0.29, 0.717) is 18.0 Å². The Balaban J connectivity index is 4.29. The van der Waals surface area contributed by atoms with Crippen molar-refractivity contribution in [2.75, 3.05) is 25.4 Å². The lowest BCUT2D eigenvalue weighted by Crippen LogP contribution is -2.37. The van der Waals surface area contributed by atoms with Crippen LogP contribution < -0.4 is 5.73 Å². The molecule has 0 saturated heterocycles. The summed E-state index contributed by atoms with van der Waals surface area (Å²) in [5.41, 5.74) is 5.43. The molecule has 0 amide bonds. The van der Waals surface area contributed by atoms with Crippen LogP contribution in [0.2, 0.25) is 0 Å². The van der Waals surface area contributed by atoms with Gasteiger partial charge in [-0.2, -0.15) is 0 Å². The van der Waals surface area contributed by atoms with Crippen LogP contribution in [0.3, 0.4) is 0 Å². The second-order valence-electron chi connectivity index (χ2n) is 5.08. The average Bonchev–Trinajstić information content (AvgIpc) is 2.15. The minimum Gasteiger partial charge on any atom is -0.393 e. The fourth-order valence-electron chi connectivity index (χ4n) is 1.25. The van der Waals surface area contributed by atoms with Gasteiger partial charge in [0.15, 0.2) is 9.84 Å². The molecule has 102 valence electrons. The van der Waals surface area contributed by atoms with Gasteiger partial charge in [0.2, 0.25) is 0 Å². The molecule has 4 nitrogen and oxygen atoms in total. The van der Waals surface area contributed by atoms with Crippen molar-refractivity contribution in [1.29, 1.82) is 0 Å². The molecule has 0 saturated carbocycles. The van der Waals surface area contributed by atoms with Gasteiger partial charge in [-0.15, -0.1) is 0 Å². The number of nitrogens with two attached hydrogens (primary N) is 1. The first kappa shape index (κ1) is 16.8. The Morgan fingerprint density at radius 2 is 1.82 bits per heavy atom. The Morgan fingerprint density at radius 1 is 1.29 bits per heavy atom. The van der Waals surface area contributed by atoms with Gasteiger partial charge in [0.05, 0.1) is 15.5 Å². The van der Waals surface area contributed by atoms with E-state index >= 15 is 0 Å². The minimum atomic E-state index is -3.05. The summed E-state index contributed by atoms with van der Waals surface area (Å²) in [7, 11) is -3.05. The summed E-state index contributed by atoms with van der Waals surface area (Å²) < 4.78 is 23.2. The van der Waals surface area contributed by atoms with Gasteiger partial charge in [0.1, 0.15) is 0 Å².